The third-order valence-corrected chi connectivity index (χ3v) is 3.38. The standard InChI is InChI=1S/C14H18N2O3/c1-11-5-3-4-6-12(11)13(17)15-7-9-16(10-8-15)14(18)19-2/h3-6H,7-10H2,1-2H3. The lowest BCUT2D eigenvalue weighted by atomic mass is 10.1. The van der Waals surface area contributed by atoms with Crippen LogP contribution in [0.2, 0.25) is 0 Å². The summed E-state index contributed by atoms with van der Waals surface area (Å²) in [7, 11) is 1.37. The molecule has 5 heteroatoms. The number of carbonyl (C=O) groups excluding carboxylic acids is 2. The predicted octanol–water partition coefficient (Wildman–Crippen LogP) is 1.52. The molecule has 0 unspecified atom stereocenters. The van der Waals surface area contributed by atoms with Crippen LogP contribution >= 0.6 is 0 Å². The van der Waals surface area contributed by atoms with Gasteiger partial charge < -0.3 is 14.5 Å². The average molecular weight is 262 g/mol. The first kappa shape index (κ1) is 13.4. The smallest absolute Gasteiger partial charge is 0.409 e. The third-order valence-electron chi connectivity index (χ3n) is 3.38. The highest BCUT2D eigenvalue weighted by Crippen LogP contribution is 2.13. The number of nitrogens with zero attached hydrogens (tertiary/aromatic N) is 2. The second-order valence-electron chi connectivity index (χ2n) is 4.56. The molecule has 5 nitrogen and oxygen atoms in total. The maximum atomic E-state index is 12.4. The van der Waals surface area contributed by atoms with Crippen LogP contribution in [0.1, 0.15) is 15.9 Å². The van der Waals surface area contributed by atoms with Crippen molar-refractivity contribution in [3.05, 3.63) is 35.4 Å². The number of ether oxygens (including phenoxy) is 1. The van der Waals surface area contributed by atoms with Crippen LogP contribution in [0, 0.1) is 6.92 Å². The number of piperazine rings is 1. The Morgan fingerprint density at radius 3 is 2.21 bits per heavy atom. The van der Waals surface area contributed by atoms with Crippen molar-refractivity contribution in [3.63, 3.8) is 0 Å². The summed E-state index contributed by atoms with van der Waals surface area (Å²) in [6.45, 7) is 4.05. The van der Waals surface area contributed by atoms with Crippen molar-refractivity contribution < 1.29 is 14.3 Å². The maximum absolute atomic E-state index is 12.4. The minimum absolute atomic E-state index is 0.0302. The lowest BCUT2D eigenvalue weighted by Gasteiger charge is -2.34. The van der Waals surface area contributed by atoms with E-state index in [0.29, 0.717) is 26.2 Å². The van der Waals surface area contributed by atoms with Gasteiger partial charge in [0.15, 0.2) is 0 Å². The van der Waals surface area contributed by atoms with Crippen LogP contribution in [-0.4, -0.2) is 55.1 Å². The van der Waals surface area contributed by atoms with Crippen LogP contribution in [0.5, 0.6) is 0 Å². The lowest BCUT2D eigenvalue weighted by molar-refractivity contribution is 0.0599. The Morgan fingerprint density at radius 1 is 1.05 bits per heavy atom. The minimum atomic E-state index is -0.331. The van der Waals surface area contributed by atoms with Gasteiger partial charge in [-0.15, -0.1) is 0 Å². The SMILES string of the molecule is COC(=O)N1CCN(C(=O)c2ccccc2C)CC1. The Labute approximate surface area is 112 Å². The molecule has 0 bridgehead atoms. The molecule has 2 amide bonds. The fourth-order valence-electron chi connectivity index (χ4n) is 2.20. The zero-order valence-corrected chi connectivity index (χ0v) is 11.3. The van der Waals surface area contributed by atoms with Gasteiger partial charge in [0.2, 0.25) is 0 Å². The molecule has 1 heterocycles. The topological polar surface area (TPSA) is 49.9 Å². The summed E-state index contributed by atoms with van der Waals surface area (Å²) in [5, 5.41) is 0. The average Bonchev–Trinajstić information content (AvgIpc) is 2.46. The minimum Gasteiger partial charge on any atom is -0.453 e. The number of hydrogen-bond donors (Lipinski definition) is 0. The summed E-state index contributed by atoms with van der Waals surface area (Å²) >= 11 is 0. The van der Waals surface area contributed by atoms with Crippen LogP contribution in [0.15, 0.2) is 24.3 Å². The summed E-state index contributed by atoms with van der Waals surface area (Å²) in [6, 6.07) is 7.55. The molecule has 1 aliphatic heterocycles. The Bertz CT molecular complexity index is 479. The number of carbonyl (C=O) groups is 2. The fourth-order valence-corrected chi connectivity index (χ4v) is 2.20. The number of methoxy groups -OCH3 is 1. The van der Waals surface area contributed by atoms with Gasteiger partial charge >= 0.3 is 6.09 Å². The monoisotopic (exact) mass is 262 g/mol. The summed E-state index contributed by atoms with van der Waals surface area (Å²) in [5.41, 5.74) is 1.71. The molecule has 102 valence electrons. The Kier molecular flexibility index (Phi) is 4.04. The first-order valence-electron chi connectivity index (χ1n) is 6.31. The Balaban J connectivity index is 2.00. The molecular weight excluding hydrogens is 244 g/mol. The summed E-state index contributed by atoms with van der Waals surface area (Å²) < 4.78 is 4.67. The van der Waals surface area contributed by atoms with E-state index >= 15 is 0 Å². The van der Waals surface area contributed by atoms with E-state index in [-0.39, 0.29) is 12.0 Å². The van der Waals surface area contributed by atoms with E-state index in [0.717, 1.165) is 11.1 Å². The van der Waals surface area contributed by atoms with E-state index in [9.17, 15) is 9.59 Å². The van der Waals surface area contributed by atoms with Crippen LogP contribution in [0.4, 0.5) is 4.79 Å². The highest BCUT2D eigenvalue weighted by molar-refractivity contribution is 5.95. The largest absolute Gasteiger partial charge is 0.453 e. The van der Waals surface area contributed by atoms with Gasteiger partial charge in [0.1, 0.15) is 0 Å². The third kappa shape index (κ3) is 2.86. The van der Waals surface area contributed by atoms with Gasteiger partial charge in [-0.2, -0.15) is 0 Å². The molecule has 0 atom stereocenters. The van der Waals surface area contributed by atoms with Gasteiger partial charge in [0, 0.05) is 31.7 Å². The molecule has 1 fully saturated rings. The van der Waals surface area contributed by atoms with Crippen molar-refractivity contribution in [1.82, 2.24) is 9.80 Å². The van der Waals surface area contributed by atoms with Crippen LogP contribution in [0.25, 0.3) is 0 Å². The molecular formula is C14H18N2O3. The summed E-state index contributed by atoms with van der Waals surface area (Å²) in [4.78, 5) is 27.1. The van der Waals surface area contributed by atoms with Gasteiger partial charge in [-0.3, -0.25) is 4.79 Å². The zero-order chi connectivity index (χ0) is 13.8. The predicted molar refractivity (Wildman–Crippen MR) is 71.1 cm³/mol. The van der Waals surface area contributed by atoms with E-state index in [1.54, 1.807) is 9.80 Å². The molecule has 0 radical (unpaired) electrons. The van der Waals surface area contributed by atoms with Crippen LogP contribution in [-0.2, 0) is 4.74 Å². The highest BCUT2D eigenvalue weighted by Gasteiger charge is 2.25. The molecule has 1 aliphatic rings. The van der Waals surface area contributed by atoms with E-state index < -0.39 is 0 Å². The van der Waals surface area contributed by atoms with Gasteiger partial charge in [-0.05, 0) is 18.6 Å². The zero-order valence-electron chi connectivity index (χ0n) is 11.3. The van der Waals surface area contributed by atoms with E-state index in [1.807, 2.05) is 31.2 Å². The highest BCUT2D eigenvalue weighted by atomic mass is 16.5. The van der Waals surface area contributed by atoms with E-state index in [1.165, 1.54) is 7.11 Å². The number of amides is 2. The molecule has 1 aromatic carbocycles. The molecule has 0 aromatic heterocycles. The van der Waals surface area contributed by atoms with Crippen molar-refractivity contribution >= 4 is 12.0 Å². The van der Waals surface area contributed by atoms with Gasteiger partial charge in [-0.25, -0.2) is 4.79 Å². The van der Waals surface area contributed by atoms with E-state index in [2.05, 4.69) is 4.74 Å². The number of benzene rings is 1. The number of aryl methyl sites for hydroxylation is 1. The molecule has 1 saturated heterocycles. The van der Waals surface area contributed by atoms with Crippen molar-refractivity contribution in [3.8, 4) is 0 Å². The molecule has 2 rings (SSSR count). The molecule has 19 heavy (non-hydrogen) atoms. The van der Waals surface area contributed by atoms with Gasteiger partial charge in [0.05, 0.1) is 7.11 Å². The van der Waals surface area contributed by atoms with Crippen molar-refractivity contribution in [1.29, 1.82) is 0 Å². The quantitative estimate of drug-likeness (QED) is 0.771. The van der Waals surface area contributed by atoms with Crippen molar-refractivity contribution in [2.24, 2.45) is 0 Å². The van der Waals surface area contributed by atoms with Gasteiger partial charge in [-0.1, -0.05) is 18.2 Å². The van der Waals surface area contributed by atoms with Crippen molar-refractivity contribution in [2.75, 3.05) is 33.3 Å². The molecule has 0 saturated carbocycles. The number of hydrogen-bond acceptors (Lipinski definition) is 3. The first-order chi connectivity index (χ1) is 9.13. The fraction of sp³-hybridized carbons (Fsp3) is 0.429. The molecule has 0 spiro atoms. The summed E-state index contributed by atoms with van der Waals surface area (Å²) in [6.07, 6.45) is -0.331. The normalized spacial score (nSPS) is 15.3. The van der Waals surface area contributed by atoms with Crippen LogP contribution < -0.4 is 0 Å². The maximum Gasteiger partial charge on any atom is 0.409 e. The van der Waals surface area contributed by atoms with Gasteiger partial charge in [0.25, 0.3) is 5.91 Å². The van der Waals surface area contributed by atoms with E-state index in [4.69, 9.17) is 0 Å². The van der Waals surface area contributed by atoms with Crippen molar-refractivity contribution in [2.45, 2.75) is 6.92 Å². The second kappa shape index (κ2) is 5.73. The molecule has 0 N–H and O–H groups in total. The van der Waals surface area contributed by atoms with Crippen LogP contribution in [0.3, 0.4) is 0 Å². The first-order valence-corrected chi connectivity index (χ1v) is 6.31. The Morgan fingerprint density at radius 2 is 1.63 bits per heavy atom. The summed E-state index contributed by atoms with van der Waals surface area (Å²) in [5.74, 6) is 0.0302. The second-order valence-corrected chi connectivity index (χ2v) is 4.56. The Hall–Kier alpha value is -2.04. The lowest BCUT2D eigenvalue weighted by Crippen LogP contribution is -2.50. The molecule has 1 aromatic rings. The number of rotatable bonds is 1. The molecule has 0 aliphatic carbocycles.